The second-order valence-corrected chi connectivity index (χ2v) is 8.08. The summed E-state index contributed by atoms with van der Waals surface area (Å²) in [6.07, 6.45) is 1.78. The zero-order valence-electron chi connectivity index (χ0n) is 15.3. The lowest BCUT2D eigenvalue weighted by Gasteiger charge is -2.33. The van der Waals surface area contributed by atoms with Crippen molar-refractivity contribution in [3.05, 3.63) is 71.0 Å². The molecule has 0 bridgehead atoms. The Hall–Kier alpha value is -2.51. The molecular weight excluding hydrogens is 394 g/mol. The number of rotatable bonds is 5. The van der Waals surface area contributed by atoms with E-state index in [1.165, 1.54) is 11.8 Å². The van der Waals surface area contributed by atoms with Crippen LogP contribution < -0.4 is 10.7 Å². The van der Waals surface area contributed by atoms with Crippen LogP contribution in [0.3, 0.4) is 0 Å². The minimum absolute atomic E-state index is 0.0880. The predicted molar refractivity (Wildman–Crippen MR) is 112 cm³/mol. The number of hydrogen-bond donors (Lipinski definition) is 2. The number of halogens is 1. The first kappa shape index (κ1) is 18.8. The van der Waals surface area contributed by atoms with Crippen molar-refractivity contribution in [3.63, 3.8) is 0 Å². The molecule has 3 aromatic rings. The highest BCUT2D eigenvalue weighted by molar-refractivity contribution is 8.00. The molecule has 2 N–H and O–H groups in total. The topological polar surface area (TPSA) is 71.8 Å². The Morgan fingerprint density at radius 1 is 1.18 bits per heavy atom. The summed E-state index contributed by atoms with van der Waals surface area (Å²) in [5.41, 5.74) is 5.19. The summed E-state index contributed by atoms with van der Waals surface area (Å²) >= 11 is 7.48. The summed E-state index contributed by atoms with van der Waals surface area (Å²) in [5.74, 6) is 0.779. The van der Waals surface area contributed by atoms with E-state index in [1.54, 1.807) is 0 Å². The minimum atomic E-state index is -0.410. The number of aryl methyl sites for hydroxylation is 1. The lowest BCUT2D eigenvalue weighted by molar-refractivity contribution is -0.116. The number of nitrogens with one attached hydrogen (secondary N) is 2. The van der Waals surface area contributed by atoms with Crippen molar-refractivity contribution in [3.8, 4) is 0 Å². The van der Waals surface area contributed by atoms with Crippen molar-refractivity contribution in [2.45, 2.75) is 36.2 Å². The molecule has 28 heavy (non-hydrogen) atoms. The summed E-state index contributed by atoms with van der Waals surface area (Å²) < 4.78 is 1.90. The van der Waals surface area contributed by atoms with Crippen molar-refractivity contribution >= 4 is 35.0 Å². The first-order valence-electron chi connectivity index (χ1n) is 9.14. The quantitative estimate of drug-likeness (QED) is 0.653. The van der Waals surface area contributed by atoms with E-state index >= 15 is 0 Å². The number of anilines is 1. The third-order valence-corrected chi connectivity index (χ3v) is 5.97. The van der Waals surface area contributed by atoms with Crippen molar-refractivity contribution in [1.29, 1.82) is 0 Å². The lowest BCUT2D eigenvalue weighted by Crippen LogP contribution is -2.41. The zero-order chi connectivity index (χ0) is 19.5. The van der Waals surface area contributed by atoms with Gasteiger partial charge in [-0.05, 0) is 36.2 Å². The first-order valence-corrected chi connectivity index (χ1v) is 10.4. The fourth-order valence-electron chi connectivity index (χ4n) is 3.14. The largest absolute Gasteiger partial charge is 0.325 e. The predicted octanol–water partition coefficient (Wildman–Crippen LogP) is 4.28. The molecule has 0 spiro atoms. The van der Waals surface area contributed by atoms with Crippen molar-refractivity contribution in [1.82, 2.24) is 14.9 Å². The van der Waals surface area contributed by atoms with Crippen LogP contribution in [0.2, 0.25) is 5.02 Å². The second-order valence-electron chi connectivity index (χ2n) is 6.54. The zero-order valence-corrected chi connectivity index (χ0v) is 16.9. The Labute approximate surface area is 172 Å². The molecule has 8 heteroatoms. The van der Waals surface area contributed by atoms with Crippen LogP contribution >= 0.6 is 23.4 Å². The van der Waals surface area contributed by atoms with Crippen LogP contribution in [0.4, 0.5) is 5.69 Å². The van der Waals surface area contributed by atoms with Gasteiger partial charge in [0.25, 0.3) is 0 Å². The smallest absolute Gasteiger partial charge is 0.240 e. The van der Waals surface area contributed by atoms with E-state index in [0.29, 0.717) is 10.2 Å². The van der Waals surface area contributed by atoms with E-state index < -0.39 is 5.25 Å². The molecule has 0 fully saturated rings. The van der Waals surface area contributed by atoms with Gasteiger partial charge in [0.05, 0.1) is 6.04 Å². The van der Waals surface area contributed by atoms with Gasteiger partial charge in [-0.1, -0.05) is 60.6 Å². The Morgan fingerprint density at radius 3 is 2.64 bits per heavy atom. The summed E-state index contributed by atoms with van der Waals surface area (Å²) in [5, 5.41) is 12.5. The van der Waals surface area contributed by atoms with Gasteiger partial charge in [-0.2, -0.15) is 0 Å². The third kappa shape index (κ3) is 3.86. The van der Waals surface area contributed by atoms with Crippen LogP contribution in [0.25, 0.3) is 0 Å². The van der Waals surface area contributed by atoms with Gasteiger partial charge in [-0.15, -0.1) is 10.2 Å². The van der Waals surface area contributed by atoms with E-state index in [9.17, 15) is 4.79 Å². The van der Waals surface area contributed by atoms with E-state index in [-0.39, 0.29) is 11.9 Å². The first-order chi connectivity index (χ1) is 13.7. The van der Waals surface area contributed by atoms with Crippen molar-refractivity contribution in [2.24, 2.45) is 0 Å². The fraction of sp³-hybridized carbons (Fsp3) is 0.250. The lowest BCUT2D eigenvalue weighted by atomic mass is 10.0. The number of benzene rings is 2. The molecule has 1 aliphatic heterocycles. The average Bonchev–Trinajstić information content (AvgIpc) is 3.11. The number of carbonyl (C=O) groups excluding carboxylic acids is 1. The highest BCUT2D eigenvalue weighted by Crippen LogP contribution is 2.38. The number of amides is 1. The Kier molecular flexibility index (Phi) is 5.54. The molecule has 2 aromatic carbocycles. The van der Waals surface area contributed by atoms with Gasteiger partial charge in [0, 0.05) is 17.1 Å². The number of hydrogen-bond acceptors (Lipinski definition) is 5. The van der Waals surface area contributed by atoms with E-state index in [2.05, 4.69) is 27.9 Å². The summed E-state index contributed by atoms with van der Waals surface area (Å²) in [7, 11) is 0. The van der Waals surface area contributed by atoms with Crippen LogP contribution in [-0.2, 0) is 11.2 Å². The standard InChI is InChI=1S/C20H20ClN5OS/c1-2-6-16-23-24-20-26(16)25-17(13-9-11-14(21)12-10-13)18(28-20)19(27)22-15-7-4-3-5-8-15/h3-5,7-12,17-18,25H,2,6H2,1H3,(H,22,27)/t17-,18+/m1/s1. The molecule has 0 unspecified atom stereocenters. The van der Waals surface area contributed by atoms with Crippen molar-refractivity contribution in [2.75, 3.05) is 10.7 Å². The maximum Gasteiger partial charge on any atom is 0.240 e. The molecule has 0 radical (unpaired) electrons. The summed E-state index contributed by atoms with van der Waals surface area (Å²) in [6, 6.07) is 16.8. The van der Waals surface area contributed by atoms with Crippen LogP contribution in [0.15, 0.2) is 59.8 Å². The Morgan fingerprint density at radius 2 is 1.93 bits per heavy atom. The van der Waals surface area contributed by atoms with Crippen LogP contribution in [0, 0.1) is 0 Å². The molecular formula is C20H20ClN5OS. The molecule has 0 aliphatic carbocycles. The third-order valence-electron chi connectivity index (χ3n) is 4.51. The molecule has 0 saturated carbocycles. The molecule has 1 aromatic heterocycles. The number of para-hydroxylation sites is 1. The van der Waals surface area contributed by atoms with Gasteiger partial charge in [0.2, 0.25) is 11.1 Å². The van der Waals surface area contributed by atoms with Gasteiger partial charge >= 0.3 is 0 Å². The van der Waals surface area contributed by atoms with Gasteiger partial charge in [-0.25, -0.2) is 4.68 Å². The Bertz CT molecular complexity index is 960. The van der Waals surface area contributed by atoms with Gasteiger partial charge < -0.3 is 10.7 Å². The van der Waals surface area contributed by atoms with Crippen LogP contribution in [-0.4, -0.2) is 26.0 Å². The molecule has 2 heterocycles. The molecule has 144 valence electrons. The number of thioether (sulfide) groups is 1. The normalized spacial score (nSPS) is 18.2. The van der Waals surface area contributed by atoms with E-state index in [1.807, 2.05) is 59.3 Å². The van der Waals surface area contributed by atoms with Crippen molar-refractivity contribution < 1.29 is 4.79 Å². The van der Waals surface area contributed by atoms with Gasteiger partial charge in [0.1, 0.15) is 5.25 Å². The monoisotopic (exact) mass is 413 g/mol. The van der Waals surface area contributed by atoms with E-state index in [4.69, 9.17) is 11.6 Å². The highest BCUT2D eigenvalue weighted by atomic mass is 35.5. The average molecular weight is 414 g/mol. The maximum absolute atomic E-state index is 13.1. The highest BCUT2D eigenvalue weighted by Gasteiger charge is 2.37. The Balaban J connectivity index is 1.66. The number of fused-ring (bicyclic) bond motifs is 1. The number of carbonyl (C=O) groups is 1. The SMILES string of the molecule is CCCc1nnc2n1N[C@H](c1ccc(Cl)cc1)[C@@H](C(=O)Nc1ccccc1)S2. The molecule has 0 saturated heterocycles. The van der Waals surface area contributed by atoms with Crippen LogP contribution in [0.5, 0.6) is 0 Å². The molecule has 1 amide bonds. The summed E-state index contributed by atoms with van der Waals surface area (Å²) in [4.78, 5) is 13.1. The second kappa shape index (κ2) is 8.24. The maximum atomic E-state index is 13.1. The van der Waals surface area contributed by atoms with Gasteiger partial charge in [0.15, 0.2) is 5.82 Å². The molecule has 4 rings (SSSR count). The molecule has 6 nitrogen and oxygen atoms in total. The van der Waals surface area contributed by atoms with E-state index in [0.717, 1.165) is 29.9 Å². The van der Waals surface area contributed by atoms with Gasteiger partial charge in [-0.3, -0.25) is 4.79 Å². The number of aromatic nitrogens is 3. The summed E-state index contributed by atoms with van der Waals surface area (Å²) in [6.45, 7) is 2.10. The molecule has 2 atom stereocenters. The fourth-order valence-corrected chi connectivity index (χ4v) is 4.36. The minimum Gasteiger partial charge on any atom is -0.325 e. The number of nitrogens with zero attached hydrogens (tertiary/aromatic N) is 3. The van der Waals surface area contributed by atoms with Crippen LogP contribution in [0.1, 0.15) is 30.8 Å². The molecule has 1 aliphatic rings.